The number of ether oxygens (including phenoxy) is 1. The fraction of sp³-hybridized carbons (Fsp3) is 0.800. The zero-order valence-electron chi connectivity index (χ0n) is 8.83. The third-order valence-electron chi connectivity index (χ3n) is 2.38. The summed E-state index contributed by atoms with van der Waals surface area (Å²) in [7, 11) is 0. The lowest BCUT2D eigenvalue weighted by molar-refractivity contribution is -0.124. The molecule has 5 heteroatoms. The Morgan fingerprint density at radius 1 is 1.53 bits per heavy atom. The van der Waals surface area contributed by atoms with Crippen molar-refractivity contribution in [2.24, 2.45) is 5.73 Å². The molecule has 1 atom stereocenters. The minimum absolute atomic E-state index is 0.0261. The van der Waals surface area contributed by atoms with E-state index in [0.29, 0.717) is 24.4 Å². The predicted octanol–water partition coefficient (Wildman–Crippen LogP) is 0.738. The van der Waals surface area contributed by atoms with Crippen molar-refractivity contribution in [2.45, 2.75) is 38.2 Å². The van der Waals surface area contributed by atoms with Crippen LogP contribution in [0.1, 0.15) is 32.1 Å². The molecule has 1 heterocycles. The monoisotopic (exact) mass is 230 g/mol. The van der Waals surface area contributed by atoms with Gasteiger partial charge in [0.1, 0.15) is 0 Å². The average molecular weight is 230 g/mol. The molecule has 1 aliphatic heterocycles. The van der Waals surface area contributed by atoms with E-state index in [2.05, 4.69) is 5.32 Å². The average Bonchev–Trinajstić information content (AvgIpc) is 2.18. The van der Waals surface area contributed by atoms with Crippen molar-refractivity contribution >= 4 is 23.1 Å². The molecule has 3 N–H and O–H groups in total. The molecule has 1 amide bonds. The summed E-state index contributed by atoms with van der Waals surface area (Å²) in [6.07, 6.45) is 4.38. The quantitative estimate of drug-likeness (QED) is 0.684. The molecule has 0 aromatic carbocycles. The van der Waals surface area contributed by atoms with Crippen molar-refractivity contribution < 1.29 is 9.53 Å². The Balaban J connectivity index is 2.09. The van der Waals surface area contributed by atoms with Gasteiger partial charge in [0.15, 0.2) is 0 Å². The van der Waals surface area contributed by atoms with Gasteiger partial charge in [-0.05, 0) is 19.3 Å². The molecule has 86 valence electrons. The van der Waals surface area contributed by atoms with Crippen LogP contribution >= 0.6 is 12.2 Å². The Bertz CT molecular complexity index is 227. The molecule has 0 spiro atoms. The summed E-state index contributed by atoms with van der Waals surface area (Å²) in [6, 6.07) is 0. The molecule has 1 aliphatic rings. The van der Waals surface area contributed by atoms with Crippen LogP contribution in [0.2, 0.25) is 0 Å². The van der Waals surface area contributed by atoms with Crippen LogP contribution in [0.25, 0.3) is 0 Å². The van der Waals surface area contributed by atoms with Crippen molar-refractivity contribution in [2.75, 3.05) is 13.2 Å². The van der Waals surface area contributed by atoms with E-state index in [-0.39, 0.29) is 12.0 Å². The van der Waals surface area contributed by atoms with E-state index in [1.165, 1.54) is 0 Å². The van der Waals surface area contributed by atoms with Gasteiger partial charge >= 0.3 is 0 Å². The lowest BCUT2D eigenvalue weighted by Gasteiger charge is -2.21. The summed E-state index contributed by atoms with van der Waals surface area (Å²) in [4.78, 5) is 11.9. The largest absolute Gasteiger partial charge is 0.393 e. The molecule has 4 nitrogen and oxygen atoms in total. The standard InChI is InChI=1S/C10H18N2O2S/c11-9(15)4-5-12-10(13)7-8-3-1-2-6-14-8/h8H,1-7H2,(H2,11,15)(H,12,13). The molecule has 0 bridgehead atoms. The number of amides is 1. The SMILES string of the molecule is NC(=S)CCNC(=O)CC1CCCCO1. The van der Waals surface area contributed by atoms with Crippen molar-refractivity contribution in [1.82, 2.24) is 5.32 Å². The fourth-order valence-electron chi connectivity index (χ4n) is 1.57. The third kappa shape index (κ3) is 5.69. The first-order valence-corrected chi connectivity index (χ1v) is 5.76. The van der Waals surface area contributed by atoms with Crippen molar-refractivity contribution in [3.8, 4) is 0 Å². The van der Waals surface area contributed by atoms with Crippen LogP contribution < -0.4 is 11.1 Å². The van der Waals surface area contributed by atoms with E-state index in [4.69, 9.17) is 22.7 Å². The van der Waals surface area contributed by atoms with E-state index in [0.717, 1.165) is 25.9 Å². The Hall–Kier alpha value is -0.680. The number of carbonyl (C=O) groups excluding carboxylic acids is 1. The molecule has 1 rings (SSSR count). The zero-order chi connectivity index (χ0) is 11.1. The summed E-state index contributed by atoms with van der Waals surface area (Å²) in [5.41, 5.74) is 5.32. The van der Waals surface area contributed by atoms with Gasteiger partial charge in [-0.2, -0.15) is 0 Å². The van der Waals surface area contributed by atoms with Crippen molar-refractivity contribution in [3.63, 3.8) is 0 Å². The van der Waals surface area contributed by atoms with Gasteiger partial charge in [-0.15, -0.1) is 0 Å². The maximum absolute atomic E-state index is 11.4. The fourth-order valence-corrected chi connectivity index (χ4v) is 1.67. The number of nitrogens with two attached hydrogens (primary N) is 1. The highest BCUT2D eigenvalue weighted by Gasteiger charge is 2.17. The number of hydrogen-bond donors (Lipinski definition) is 2. The third-order valence-corrected chi connectivity index (χ3v) is 2.58. The molecule has 0 radical (unpaired) electrons. The normalized spacial score (nSPS) is 20.9. The van der Waals surface area contributed by atoms with Crippen LogP contribution in [-0.4, -0.2) is 30.2 Å². The zero-order valence-corrected chi connectivity index (χ0v) is 9.65. The van der Waals surface area contributed by atoms with Crippen LogP contribution in [0, 0.1) is 0 Å². The van der Waals surface area contributed by atoms with Gasteiger partial charge in [0.25, 0.3) is 0 Å². The molecule has 0 aromatic rings. The van der Waals surface area contributed by atoms with Gasteiger partial charge in [-0.25, -0.2) is 0 Å². The highest BCUT2D eigenvalue weighted by molar-refractivity contribution is 7.80. The van der Waals surface area contributed by atoms with Crippen LogP contribution in [-0.2, 0) is 9.53 Å². The first-order valence-electron chi connectivity index (χ1n) is 5.35. The molecule has 15 heavy (non-hydrogen) atoms. The first kappa shape index (κ1) is 12.4. The molecule has 1 saturated heterocycles. The maximum atomic E-state index is 11.4. The number of carbonyl (C=O) groups is 1. The van der Waals surface area contributed by atoms with Crippen molar-refractivity contribution in [1.29, 1.82) is 0 Å². The molecule has 1 unspecified atom stereocenters. The van der Waals surface area contributed by atoms with Crippen LogP contribution in [0.4, 0.5) is 0 Å². The topological polar surface area (TPSA) is 64.3 Å². The van der Waals surface area contributed by atoms with E-state index < -0.39 is 0 Å². The van der Waals surface area contributed by atoms with E-state index in [1.807, 2.05) is 0 Å². The second-order valence-corrected chi connectivity index (χ2v) is 4.28. The first-order chi connectivity index (χ1) is 7.18. The van der Waals surface area contributed by atoms with Gasteiger partial charge in [-0.3, -0.25) is 4.79 Å². The number of nitrogens with one attached hydrogen (secondary N) is 1. The van der Waals surface area contributed by atoms with E-state index in [9.17, 15) is 4.79 Å². The van der Waals surface area contributed by atoms with Gasteiger partial charge < -0.3 is 15.8 Å². The Morgan fingerprint density at radius 2 is 2.33 bits per heavy atom. The highest BCUT2D eigenvalue weighted by Crippen LogP contribution is 2.15. The lowest BCUT2D eigenvalue weighted by Crippen LogP contribution is -2.32. The maximum Gasteiger partial charge on any atom is 0.222 e. The summed E-state index contributed by atoms with van der Waals surface area (Å²) in [5.74, 6) is 0.0261. The van der Waals surface area contributed by atoms with E-state index in [1.54, 1.807) is 0 Å². The highest BCUT2D eigenvalue weighted by atomic mass is 32.1. The van der Waals surface area contributed by atoms with Crippen LogP contribution in [0.15, 0.2) is 0 Å². The lowest BCUT2D eigenvalue weighted by atomic mass is 10.1. The van der Waals surface area contributed by atoms with Gasteiger partial charge in [0.05, 0.1) is 17.5 Å². The summed E-state index contributed by atoms with van der Waals surface area (Å²) < 4.78 is 5.46. The molecular weight excluding hydrogens is 212 g/mol. The Kier molecular flexibility index (Phi) is 5.57. The smallest absolute Gasteiger partial charge is 0.222 e. The Morgan fingerprint density at radius 3 is 2.93 bits per heavy atom. The minimum Gasteiger partial charge on any atom is -0.393 e. The van der Waals surface area contributed by atoms with Gasteiger partial charge in [-0.1, -0.05) is 12.2 Å². The summed E-state index contributed by atoms with van der Waals surface area (Å²) >= 11 is 4.71. The van der Waals surface area contributed by atoms with Crippen LogP contribution in [0.3, 0.4) is 0 Å². The van der Waals surface area contributed by atoms with Crippen molar-refractivity contribution in [3.05, 3.63) is 0 Å². The molecule has 0 aromatic heterocycles. The number of rotatable bonds is 5. The minimum atomic E-state index is 0.0261. The molecule has 1 fully saturated rings. The number of thiocarbonyl (C=S) groups is 1. The summed E-state index contributed by atoms with van der Waals surface area (Å²) in [5, 5.41) is 2.77. The second kappa shape index (κ2) is 6.74. The van der Waals surface area contributed by atoms with Gasteiger partial charge in [0, 0.05) is 19.6 Å². The van der Waals surface area contributed by atoms with Crippen LogP contribution in [0.5, 0.6) is 0 Å². The predicted molar refractivity (Wildman–Crippen MR) is 62.6 cm³/mol. The van der Waals surface area contributed by atoms with Gasteiger partial charge in [0.2, 0.25) is 5.91 Å². The summed E-state index contributed by atoms with van der Waals surface area (Å²) in [6.45, 7) is 1.31. The molecule has 0 saturated carbocycles. The molecule has 0 aliphatic carbocycles. The number of hydrogen-bond acceptors (Lipinski definition) is 3. The molecular formula is C10H18N2O2S. The Labute approximate surface area is 95.5 Å². The van der Waals surface area contributed by atoms with E-state index >= 15 is 0 Å². The second-order valence-electron chi connectivity index (χ2n) is 3.76.